The van der Waals surface area contributed by atoms with Gasteiger partial charge >= 0.3 is 5.97 Å². The molecule has 1 heterocycles. The standard InChI is InChI=1S/C18H19NO5/c1-21-18(20)14(19)9-13-4-2-3-5-15(13)22-10-12-6-7-16-17(8-12)24-11-23-16/h2-8,14H,9-11,19H2,1H3. The van der Waals surface area contributed by atoms with Crippen LogP contribution in [0.4, 0.5) is 0 Å². The summed E-state index contributed by atoms with van der Waals surface area (Å²) in [5.74, 6) is 1.70. The number of benzene rings is 2. The van der Waals surface area contributed by atoms with Crippen molar-refractivity contribution in [3.05, 3.63) is 53.6 Å². The number of para-hydroxylation sites is 1. The van der Waals surface area contributed by atoms with Gasteiger partial charge in [0.1, 0.15) is 18.4 Å². The smallest absolute Gasteiger partial charge is 0.322 e. The van der Waals surface area contributed by atoms with Crippen LogP contribution in [0.1, 0.15) is 11.1 Å². The Morgan fingerprint density at radius 2 is 2.00 bits per heavy atom. The van der Waals surface area contributed by atoms with Crippen LogP contribution in [-0.4, -0.2) is 25.9 Å². The van der Waals surface area contributed by atoms with Gasteiger partial charge < -0.3 is 24.7 Å². The molecule has 0 aromatic heterocycles. The zero-order valence-electron chi connectivity index (χ0n) is 13.4. The van der Waals surface area contributed by atoms with Crippen LogP contribution < -0.4 is 19.9 Å². The lowest BCUT2D eigenvalue weighted by Gasteiger charge is -2.14. The first-order valence-corrected chi connectivity index (χ1v) is 7.60. The number of hydrogen-bond acceptors (Lipinski definition) is 6. The van der Waals surface area contributed by atoms with Gasteiger partial charge in [-0.1, -0.05) is 24.3 Å². The van der Waals surface area contributed by atoms with Crippen molar-refractivity contribution in [2.45, 2.75) is 19.1 Å². The Kier molecular flexibility index (Phi) is 4.86. The van der Waals surface area contributed by atoms with E-state index >= 15 is 0 Å². The lowest BCUT2D eigenvalue weighted by atomic mass is 10.1. The SMILES string of the molecule is COC(=O)C(N)Cc1ccccc1OCc1ccc2c(c1)OCO2. The van der Waals surface area contributed by atoms with Crippen molar-refractivity contribution in [2.24, 2.45) is 5.73 Å². The zero-order chi connectivity index (χ0) is 16.9. The molecular weight excluding hydrogens is 310 g/mol. The van der Waals surface area contributed by atoms with Crippen LogP contribution in [0.15, 0.2) is 42.5 Å². The molecule has 0 amide bonds. The number of carbonyl (C=O) groups excluding carboxylic acids is 1. The first kappa shape index (κ1) is 16.1. The summed E-state index contributed by atoms with van der Waals surface area (Å²) in [5, 5.41) is 0. The van der Waals surface area contributed by atoms with Crippen LogP contribution in [0.2, 0.25) is 0 Å². The Bertz CT molecular complexity index is 731. The second-order valence-corrected chi connectivity index (χ2v) is 5.42. The second-order valence-electron chi connectivity index (χ2n) is 5.42. The molecule has 0 saturated carbocycles. The monoisotopic (exact) mass is 329 g/mol. The topological polar surface area (TPSA) is 80.0 Å². The lowest BCUT2D eigenvalue weighted by molar-refractivity contribution is -0.142. The Labute approximate surface area is 140 Å². The van der Waals surface area contributed by atoms with E-state index in [2.05, 4.69) is 4.74 Å². The van der Waals surface area contributed by atoms with E-state index < -0.39 is 12.0 Å². The summed E-state index contributed by atoms with van der Waals surface area (Å²) in [7, 11) is 1.32. The quantitative estimate of drug-likeness (QED) is 0.817. The second kappa shape index (κ2) is 7.23. The molecule has 0 fully saturated rings. The first-order chi connectivity index (χ1) is 11.7. The lowest BCUT2D eigenvalue weighted by Crippen LogP contribution is -2.33. The van der Waals surface area contributed by atoms with Crippen LogP contribution in [0.25, 0.3) is 0 Å². The minimum absolute atomic E-state index is 0.244. The predicted molar refractivity (Wildman–Crippen MR) is 87.0 cm³/mol. The molecule has 0 aliphatic carbocycles. The Morgan fingerprint density at radius 1 is 1.21 bits per heavy atom. The van der Waals surface area contributed by atoms with E-state index in [0.717, 1.165) is 22.6 Å². The van der Waals surface area contributed by atoms with Crippen molar-refractivity contribution in [3.8, 4) is 17.2 Å². The van der Waals surface area contributed by atoms with Gasteiger partial charge in [-0.25, -0.2) is 0 Å². The molecule has 0 bridgehead atoms. The highest BCUT2D eigenvalue weighted by molar-refractivity contribution is 5.75. The van der Waals surface area contributed by atoms with Gasteiger partial charge in [-0.15, -0.1) is 0 Å². The molecule has 0 radical (unpaired) electrons. The summed E-state index contributed by atoms with van der Waals surface area (Å²) in [6.07, 6.45) is 0.351. The normalized spacial score (nSPS) is 13.4. The first-order valence-electron chi connectivity index (χ1n) is 7.60. The molecule has 2 aromatic rings. The molecule has 2 N–H and O–H groups in total. The van der Waals surface area contributed by atoms with E-state index in [1.807, 2.05) is 42.5 Å². The number of rotatable bonds is 6. The number of fused-ring (bicyclic) bond motifs is 1. The van der Waals surface area contributed by atoms with Crippen molar-refractivity contribution in [3.63, 3.8) is 0 Å². The summed E-state index contributed by atoms with van der Waals surface area (Å²) in [5.41, 5.74) is 7.66. The summed E-state index contributed by atoms with van der Waals surface area (Å²) in [4.78, 5) is 11.5. The molecule has 1 aliphatic rings. The average Bonchev–Trinajstić information content (AvgIpc) is 3.08. The molecule has 24 heavy (non-hydrogen) atoms. The summed E-state index contributed by atoms with van der Waals surface area (Å²) in [6.45, 7) is 0.620. The van der Waals surface area contributed by atoms with Gasteiger partial charge in [0.2, 0.25) is 6.79 Å². The van der Waals surface area contributed by atoms with Crippen LogP contribution in [0.5, 0.6) is 17.2 Å². The van der Waals surface area contributed by atoms with Crippen molar-refractivity contribution in [1.29, 1.82) is 0 Å². The Morgan fingerprint density at radius 3 is 2.83 bits per heavy atom. The maximum Gasteiger partial charge on any atom is 0.322 e. The van der Waals surface area contributed by atoms with Crippen LogP contribution in [-0.2, 0) is 22.6 Å². The molecule has 0 saturated heterocycles. The molecule has 1 unspecified atom stereocenters. The fraction of sp³-hybridized carbons (Fsp3) is 0.278. The van der Waals surface area contributed by atoms with Crippen molar-refractivity contribution >= 4 is 5.97 Å². The van der Waals surface area contributed by atoms with Gasteiger partial charge in [-0.2, -0.15) is 0 Å². The molecular formula is C18H19NO5. The van der Waals surface area contributed by atoms with Crippen molar-refractivity contribution in [2.75, 3.05) is 13.9 Å². The molecule has 2 aromatic carbocycles. The Hall–Kier alpha value is -2.73. The molecule has 126 valence electrons. The summed E-state index contributed by atoms with van der Waals surface area (Å²) in [6, 6.07) is 12.5. The van der Waals surface area contributed by atoms with Crippen LogP contribution in [0, 0.1) is 0 Å². The van der Waals surface area contributed by atoms with E-state index in [-0.39, 0.29) is 6.79 Å². The Balaban J connectivity index is 1.68. The van der Waals surface area contributed by atoms with Crippen LogP contribution in [0.3, 0.4) is 0 Å². The van der Waals surface area contributed by atoms with E-state index in [1.165, 1.54) is 7.11 Å². The number of esters is 1. The van der Waals surface area contributed by atoms with E-state index in [0.29, 0.717) is 18.8 Å². The van der Waals surface area contributed by atoms with E-state index in [4.69, 9.17) is 19.9 Å². The summed E-state index contributed by atoms with van der Waals surface area (Å²) < 4.78 is 21.2. The average molecular weight is 329 g/mol. The maximum absolute atomic E-state index is 11.5. The minimum Gasteiger partial charge on any atom is -0.489 e. The molecule has 3 rings (SSSR count). The maximum atomic E-state index is 11.5. The third kappa shape index (κ3) is 3.60. The molecule has 6 heteroatoms. The highest BCUT2D eigenvalue weighted by Crippen LogP contribution is 2.33. The number of nitrogens with two attached hydrogens (primary N) is 1. The van der Waals surface area contributed by atoms with E-state index in [9.17, 15) is 4.79 Å². The van der Waals surface area contributed by atoms with Crippen LogP contribution >= 0.6 is 0 Å². The van der Waals surface area contributed by atoms with Gasteiger partial charge in [-0.3, -0.25) is 4.79 Å². The number of hydrogen-bond donors (Lipinski definition) is 1. The third-order valence-corrected chi connectivity index (χ3v) is 3.75. The fourth-order valence-corrected chi connectivity index (χ4v) is 2.48. The van der Waals surface area contributed by atoms with Gasteiger partial charge in [-0.05, 0) is 29.3 Å². The largest absolute Gasteiger partial charge is 0.489 e. The number of methoxy groups -OCH3 is 1. The predicted octanol–water partition coefficient (Wildman–Crippen LogP) is 2.04. The highest BCUT2D eigenvalue weighted by Gasteiger charge is 2.17. The molecule has 6 nitrogen and oxygen atoms in total. The van der Waals surface area contributed by atoms with E-state index in [1.54, 1.807) is 0 Å². The summed E-state index contributed by atoms with van der Waals surface area (Å²) >= 11 is 0. The van der Waals surface area contributed by atoms with Crippen molar-refractivity contribution < 1.29 is 23.7 Å². The highest BCUT2D eigenvalue weighted by atomic mass is 16.7. The van der Waals surface area contributed by atoms with Crippen molar-refractivity contribution in [1.82, 2.24) is 0 Å². The fourth-order valence-electron chi connectivity index (χ4n) is 2.48. The van der Waals surface area contributed by atoms with Gasteiger partial charge in [0.05, 0.1) is 7.11 Å². The van der Waals surface area contributed by atoms with Gasteiger partial charge in [0, 0.05) is 6.42 Å². The molecule has 1 aliphatic heterocycles. The zero-order valence-corrected chi connectivity index (χ0v) is 13.4. The minimum atomic E-state index is -0.717. The number of carbonyl (C=O) groups is 1. The molecule has 0 spiro atoms. The number of ether oxygens (including phenoxy) is 4. The third-order valence-electron chi connectivity index (χ3n) is 3.75. The van der Waals surface area contributed by atoms with Gasteiger partial charge in [0.15, 0.2) is 11.5 Å². The molecule has 1 atom stereocenters. The van der Waals surface area contributed by atoms with Gasteiger partial charge in [0.25, 0.3) is 0 Å².